The van der Waals surface area contributed by atoms with Crippen molar-refractivity contribution in [3.8, 4) is 5.75 Å². The minimum absolute atomic E-state index is 0.0990. The molecular weight excluding hydrogens is 330 g/mol. The zero-order valence-electron chi connectivity index (χ0n) is 13.5. The smallest absolute Gasteiger partial charge is 0.337 e. The number of carbonyl (C=O) groups excluding carboxylic acids is 1. The Bertz CT molecular complexity index is 765. The maximum atomic E-state index is 11.6. The van der Waals surface area contributed by atoms with Crippen LogP contribution in [0.2, 0.25) is 0 Å². The van der Waals surface area contributed by atoms with Crippen LogP contribution in [0.3, 0.4) is 0 Å². The topological polar surface area (TPSA) is 118 Å². The predicted molar refractivity (Wildman–Crippen MR) is 88.4 cm³/mol. The van der Waals surface area contributed by atoms with Crippen molar-refractivity contribution in [1.82, 2.24) is 0 Å². The van der Waals surface area contributed by atoms with E-state index in [0.717, 1.165) is 12.3 Å². The van der Waals surface area contributed by atoms with Crippen molar-refractivity contribution < 1.29 is 23.9 Å². The van der Waals surface area contributed by atoms with Gasteiger partial charge in [-0.2, -0.15) is 0 Å². The number of carbonyl (C=O) groups is 1. The van der Waals surface area contributed by atoms with Gasteiger partial charge in [0.2, 0.25) is 0 Å². The van der Waals surface area contributed by atoms with E-state index in [4.69, 9.17) is 4.74 Å². The van der Waals surface area contributed by atoms with E-state index in [1.165, 1.54) is 13.2 Å². The van der Waals surface area contributed by atoms with Gasteiger partial charge in [-0.15, -0.1) is 0 Å². The molecule has 0 atom stereocenters. The number of nitrogens with one attached hydrogen (secondary N) is 1. The lowest BCUT2D eigenvalue weighted by molar-refractivity contribution is -0.591. The molecule has 0 aliphatic rings. The SMILES string of the molecule is COC(=O)c1cccc(OCCCNc2cc([N+](=O)[O-])cc[n+]2[O-])c1. The number of benzene rings is 1. The van der Waals surface area contributed by atoms with E-state index in [1.54, 1.807) is 24.3 Å². The van der Waals surface area contributed by atoms with Gasteiger partial charge in [0.05, 0.1) is 36.8 Å². The first-order valence-electron chi connectivity index (χ1n) is 7.44. The molecule has 9 nitrogen and oxygen atoms in total. The lowest BCUT2D eigenvalue weighted by Gasteiger charge is -2.09. The van der Waals surface area contributed by atoms with Crippen LogP contribution in [0.4, 0.5) is 11.5 Å². The minimum atomic E-state index is -0.567. The van der Waals surface area contributed by atoms with Crippen LogP contribution in [0.5, 0.6) is 5.75 Å². The summed E-state index contributed by atoms with van der Waals surface area (Å²) < 4.78 is 10.7. The Morgan fingerprint density at radius 1 is 1.32 bits per heavy atom. The van der Waals surface area contributed by atoms with Crippen LogP contribution < -0.4 is 14.8 Å². The number of methoxy groups -OCH3 is 1. The Hall–Kier alpha value is -3.36. The van der Waals surface area contributed by atoms with Crippen LogP contribution in [0, 0.1) is 15.3 Å². The molecule has 0 spiro atoms. The lowest BCUT2D eigenvalue weighted by Crippen LogP contribution is -2.30. The highest BCUT2D eigenvalue weighted by Crippen LogP contribution is 2.15. The second-order valence-corrected chi connectivity index (χ2v) is 5.00. The van der Waals surface area contributed by atoms with Crippen LogP contribution in [-0.2, 0) is 4.74 Å². The van der Waals surface area contributed by atoms with E-state index in [1.807, 2.05) is 0 Å². The summed E-state index contributed by atoms with van der Waals surface area (Å²) in [5.74, 6) is 0.178. The normalized spacial score (nSPS) is 10.1. The summed E-state index contributed by atoms with van der Waals surface area (Å²) in [5, 5.41) is 25.1. The van der Waals surface area contributed by atoms with Gasteiger partial charge in [-0.25, -0.2) is 9.52 Å². The number of anilines is 1. The third-order valence-electron chi connectivity index (χ3n) is 3.26. The number of aromatic nitrogens is 1. The average molecular weight is 347 g/mol. The van der Waals surface area contributed by atoms with Crippen molar-refractivity contribution in [2.75, 3.05) is 25.6 Å². The number of esters is 1. The van der Waals surface area contributed by atoms with Gasteiger partial charge < -0.3 is 14.7 Å². The molecule has 0 aliphatic carbocycles. The molecule has 0 aliphatic heterocycles. The van der Waals surface area contributed by atoms with Crippen molar-refractivity contribution in [3.05, 3.63) is 63.5 Å². The highest BCUT2D eigenvalue weighted by molar-refractivity contribution is 5.89. The monoisotopic (exact) mass is 347 g/mol. The number of hydrogen-bond donors (Lipinski definition) is 1. The summed E-state index contributed by atoms with van der Waals surface area (Å²) in [4.78, 5) is 21.6. The molecule has 0 bridgehead atoms. The first kappa shape index (κ1) is 18.0. The van der Waals surface area contributed by atoms with Gasteiger partial charge in [-0.1, -0.05) is 6.07 Å². The Balaban J connectivity index is 1.81. The second-order valence-electron chi connectivity index (χ2n) is 5.00. The largest absolute Gasteiger partial charge is 0.711 e. The summed E-state index contributed by atoms with van der Waals surface area (Å²) >= 11 is 0. The molecule has 1 N–H and O–H groups in total. The molecule has 2 rings (SSSR count). The number of ether oxygens (including phenoxy) is 2. The molecule has 9 heteroatoms. The zero-order chi connectivity index (χ0) is 18.2. The number of rotatable bonds is 8. The molecule has 0 unspecified atom stereocenters. The van der Waals surface area contributed by atoms with E-state index in [2.05, 4.69) is 10.1 Å². The Kier molecular flexibility index (Phi) is 6.10. The van der Waals surface area contributed by atoms with Gasteiger partial charge in [0.25, 0.3) is 11.5 Å². The van der Waals surface area contributed by atoms with Gasteiger partial charge >= 0.3 is 5.97 Å². The van der Waals surface area contributed by atoms with Crippen LogP contribution in [0.1, 0.15) is 16.8 Å². The van der Waals surface area contributed by atoms with Crippen molar-refractivity contribution in [2.45, 2.75) is 6.42 Å². The number of hydrogen-bond acceptors (Lipinski definition) is 7. The molecule has 0 saturated carbocycles. The van der Waals surface area contributed by atoms with Crippen molar-refractivity contribution in [1.29, 1.82) is 0 Å². The fourth-order valence-electron chi connectivity index (χ4n) is 2.03. The quantitative estimate of drug-likeness (QED) is 0.193. The van der Waals surface area contributed by atoms with Gasteiger partial charge in [0.1, 0.15) is 18.0 Å². The summed E-state index contributed by atoms with van der Waals surface area (Å²) in [6, 6.07) is 8.90. The van der Waals surface area contributed by atoms with Gasteiger partial charge in [0, 0.05) is 6.42 Å². The number of nitrogens with zero attached hydrogens (tertiary/aromatic N) is 2. The van der Waals surface area contributed by atoms with Crippen LogP contribution in [0.25, 0.3) is 0 Å². The molecule has 1 aromatic heterocycles. The third-order valence-corrected chi connectivity index (χ3v) is 3.26. The van der Waals surface area contributed by atoms with Crippen LogP contribution in [0.15, 0.2) is 42.6 Å². The molecule has 0 radical (unpaired) electrons. The van der Waals surface area contributed by atoms with Gasteiger partial charge in [0.15, 0.2) is 0 Å². The van der Waals surface area contributed by atoms with Crippen molar-refractivity contribution in [2.24, 2.45) is 0 Å². The van der Waals surface area contributed by atoms with E-state index >= 15 is 0 Å². The van der Waals surface area contributed by atoms with Crippen molar-refractivity contribution >= 4 is 17.5 Å². The Morgan fingerprint density at radius 2 is 2.12 bits per heavy atom. The summed E-state index contributed by atoms with van der Waals surface area (Å²) in [6.45, 7) is 0.728. The van der Waals surface area contributed by atoms with E-state index < -0.39 is 10.9 Å². The molecule has 1 aromatic carbocycles. The van der Waals surface area contributed by atoms with E-state index in [0.29, 0.717) is 35.6 Å². The molecule has 1 heterocycles. The van der Waals surface area contributed by atoms with Crippen LogP contribution in [-0.4, -0.2) is 31.2 Å². The molecule has 0 amide bonds. The van der Waals surface area contributed by atoms with Crippen molar-refractivity contribution in [3.63, 3.8) is 0 Å². The number of pyridine rings is 1. The van der Waals surface area contributed by atoms with Gasteiger partial charge in [-0.05, 0) is 18.2 Å². The fraction of sp³-hybridized carbons (Fsp3) is 0.250. The average Bonchev–Trinajstić information content (AvgIpc) is 2.62. The first-order valence-corrected chi connectivity index (χ1v) is 7.44. The molecule has 2 aromatic rings. The second kappa shape index (κ2) is 8.48. The Morgan fingerprint density at radius 3 is 2.84 bits per heavy atom. The maximum absolute atomic E-state index is 11.6. The summed E-state index contributed by atoms with van der Waals surface area (Å²) in [5.41, 5.74) is 0.229. The standard InChI is InChI=1S/C16H17N3O6/c1-24-16(20)12-4-2-5-14(10-12)25-9-3-7-17-15-11-13(19(22)23)6-8-18(15)21/h2,4-6,8,10-11,17H,3,7,9H2,1H3. The maximum Gasteiger partial charge on any atom is 0.337 e. The molecule has 0 fully saturated rings. The molecule has 0 saturated heterocycles. The summed E-state index contributed by atoms with van der Waals surface area (Å²) in [7, 11) is 1.30. The zero-order valence-corrected chi connectivity index (χ0v) is 13.5. The summed E-state index contributed by atoms with van der Waals surface area (Å²) in [6.07, 6.45) is 1.63. The van der Waals surface area contributed by atoms with E-state index in [9.17, 15) is 20.1 Å². The number of nitro groups is 1. The highest BCUT2D eigenvalue weighted by Gasteiger charge is 2.12. The predicted octanol–water partition coefficient (Wildman–Crippen LogP) is 1.90. The van der Waals surface area contributed by atoms with Crippen LogP contribution >= 0.6 is 0 Å². The highest BCUT2D eigenvalue weighted by atomic mass is 16.6. The molecular formula is C16H17N3O6. The lowest BCUT2D eigenvalue weighted by atomic mass is 10.2. The molecule has 132 valence electrons. The van der Waals surface area contributed by atoms with Gasteiger partial charge in [-0.3, -0.25) is 15.4 Å². The fourth-order valence-corrected chi connectivity index (χ4v) is 2.03. The molecule has 25 heavy (non-hydrogen) atoms. The Labute approximate surface area is 143 Å². The van der Waals surface area contributed by atoms with E-state index in [-0.39, 0.29) is 11.5 Å². The minimum Gasteiger partial charge on any atom is -0.711 e. The third kappa shape index (κ3) is 5.06. The first-order chi connectivity index (χ1) is 12.0.